The van der Waals surface area contributed by atoms with Crippen LogP contribution in [0.2, 0.25) is 5.02 Å². The van der Waals surface area contributed by atoms with Gasteiger partial charge in [0, 0.05) is 28.6 Å². The number of allylic oxidation sites excluding steroid dienone is 2. The number of rotatable bonds is 7. The number of nitrogens with zero attached hydrogens (tertiary/aromatic N) is 2. The maximum Gasteiger partial charge on any atom is 0.260 e. The third kappa shape index (κ3) is 4.84. The molecule has 2 heterocycles. The summed E-state index contributed by atoms with van der Waals surface area (Å²) in [7, 11) is 2.93. The van der Waals surface area contributed by atoms with Crippen molar-refractivity contribution in [1.29, 1.82) is 0 Å². The smallest absolute Gasteiger partial charge is 0.260 e. The predicted octanol–water partition coefficient (Wildman–Crippen LogP) is 6.56. The van der Waals surface area contributed by atoms with E-state index in [4.69, 9.17) is 21.1 Å². The minimum absolute atomic E-state index is 0.112. The molecule has 4 amide bonds. The first kappa shape index (κ1) is 33.5. The van der Waals surface area contributed by atoms with Crippen molar-refractivity contribution in [2.24, 2.45) is 23.7 Å². The molecule has 6 atom stereocenters. The first-order chi connectivity index (χ1) is 25.1. The van der Waals surface area contributed by atoms with E-state index in [0.717, 1.165) is 16.1 Å². The summed E-state index contributed by atoms with van der Waals surface area (Å²) >= 11 is 6.15. The number of anilines is 2. The highest BCUT2D eigenvalue weighted by Gasteiger charge is 2.71. The van der Waals surface area contributed by atoms with Crippen LogP contribution in [0.5, 0.6) is 17.2 Å². The number of hydrazine groups is 1. The quantitative estimate of drug-likeness (QED) is 0.163. The van der Waals surface area contributed by atoms with Crippen LogP contribution in [-0.4, -0.2) is 48.0 Å². The molecular formula is C41H36ClN3O7. The maximum absolute atomic E-state index is 15.4. The Hall–Kier alpha value is -5.61. The molecule has 0 radical (unpaired) electrons. The second-order valence-electron chi connectivity index (χ2n) is 13.8. The number of imide groups is 2. The van der Waals surface area contributed by atoms with Crippen molar-refractivity contribution in [3.8, 4) is 17.2 Å². The largest absolute Gasteiger partial charge is 0.508 e. The van der Waals surface area contributed by atoms with Gasteiger partial charge in [0.1, 0.15) is 17.2 Å². The summed E-state index contributed by atoms with van der Waals surface area (Å²) < 4.78 is 11.8. The van der Waals surface area contributed by atoms with Crippen molar-refractivity contribution >= 4 is 46.6 Å². The third-order valence-corrected chi connectivity index (χ3v) is 11.5. The highest BCUT2D eigenvalue weighted by molar-refractivity contribution is 6.31. The van der Waals surface area contributed by atoms with Gasteiger partial charge in [-0.15, -0.1) is 0 Å². The Labute approximate surface area is 305 Å². The lowest BCUT2D eigenvalue weighted by Crippen LogP contribution is -2.53. The average Bonchev–Trinajstić information content (AvgIpc) is 3.53. The van der Waals surface area contributed by atoms with Crippen LogP contribution in [0.1, 0.15) is 35.4 Å². The Kier molecular flexibility index (Phi) is 8.10. The molecule has 10 nitrogen and oxygen atoms in total. The van der Waals surface area contributed by atoms with Crippen LogP contribution in [0.4, 0.5) is 11.4 Å². The molecule has 264 valence electrons. The van der Waals surface area contributed by atoms with Crippen LogP contribution < -0.4 is 19.8 Å². The maximum atomic E-state index is 15.4. The Balaban J connectivity index is 1.36. The highest BCUT2D eigenvalue weighted by Crippen LogP contribution is 2.66. The Morgan fingerprint density at radius 1 is 0.827 bits per heavy atom. The minimum atomic E-state index is -1.54. The van der Waals surface area contributed by atoms with Crippen LogP contribution >= 0.6 is 11.6 Å². The van der Waals surface area contributed by atoms with Crippen molar-refractivity contribution in [1.82, 2.24) is 5.01 Å². The number of methoxy groups -OCH3 is 2. The molecule has 11 heteroatoms. The fraction of sp³-hybridized carbons (Fsp3) is 0.268. The SMILES string of the molecule is COc1cc(O)cc(OC)c1[C@H]1C2=CC[C@@H]3C(=O)N(c4ccc(Cl)cc4)C(=O)[C@@H]3[C@@H]2C[C@H]2C(=O)N(Nc3ccc(C)cc3)C(=O)[C@@]12c1ccccc1. The summed E-state index contributed by atoms with van der Waals surface area (Å²) in [5.41, 5.74) is 5.35. The number of hydrogen-bond acceptors (Lipinski definition) is 8. The molecule has 8 rings (SSSR count). The summed E-state index contributed by atoms with van der Waals surface area (Å²) in [6.45, 7) is 1.95. The van der Waals surface area contributed by atoms with Crippen molar-refractivity contribution < 1.29 is 33.8 Å². The van der Waals surface area contributed by atoms with Crippen molar-refractivity contribution in [3.05, 3.63) is 124 Å². The van der Waals surface area contributed by atoms with Crippen LogP contribution in [0.25, 0.3) is 0 Å². The summed E-state index contributed by atoms with van der Waals surface area (Å²) in [5, 5.41) is 12.3. The number of fused-ring (bicyclic) bond motifs is 4. The number of aromatic hydroxyl groups is 1. The van der Waals surface area contributed by atoms with Gasteiger partial charge in [-0.05, 0) is 67.6 Å². The monoisotopic (exact) mass is 717 g/mol. The number of carbonyl (C=O) groups excluding carboxylic acids is 4. The van der Waals surface area contributed by atoms with Crippen molar-refractivity contribution in [2.75, 3.05) is 24.5 Å². The fourth-order valence-electron chi connectivity index (χ4n) is 9.12. The molecule has 0 aromatic heterocycles. The number of phenolic OH excluding ortho intramolecular Hbond substituents is 1. The van der Waals surface area contributed by atoms with Crippen molar-refractivity contribution in [3.63, 3.8) is 0 Å². The number of halogens is 1. The molecule has 4 aromatic rings. The zero-order valence-electron chi connectivity index (χ0n) is 28.7. The number of carbonyl (C=O) groups is 4. The van der Waals surface area contributed by atoms with Gasteiger partial charge in [0.05, 0.1) is 48.8 Å². The van der Waals surface area contributed by atoms with Crippen LogP contribution in [0.3, 0.4) is 0 Å². The Morgan fingerprint density at radius 2 is 1.48 bits per heavy atom. The number of phenols is 1. The second kappa shape index (κ2) is 12.6. The van der Waals surface area contributed by atoms with E-state index in [0.29, 0.717) is 27.5 Å². The normalized spacial score (nSPS) is 26.5. The molecular weight excluding hydrogens is 682 g/mol. The lowest BCUT2D eigenvalue weighted by atomic mass is 9.49. The van der Waals surface area contributed by atoms with Gasteiger partial charge in [-0.3, -0.25) is 29.5 Å². The number of ether oxygens (including phenoxy) is 2. The standard InChI is InChI=1S/C41H36ClN3O7/c1-22-9-13-25(14-10-22)43-45-38(48)31-21-30-28(17-18-29-34(30)39(49)44(37(29)47)26-15-11-24(42)12-16-26)36(35-32(51-2)19-27(46)20-33(35)52-3)41(31,40(45)50)23-7-5-4-6-8-23/h4-17,19-20,29-31,34,36,43,46H,18,21H2,1-3H3/t29-,30+,31-,34-,36+,41+/m0/s1. The third-order valence-electron chi connectivity index (χ3n) is 11.3. The lowest BCUT2D eigenvalue weighted by Gasteiger charge is -2.51. The first-order valence-electron chi connectivity index (χ1n) is 17.2. The molecule has 4 aromatic carbocycles. The first-order valence-corrected chi connectivity index (χ1v) is 17.5. The summed E-state index contributed by atoms with van der Waals surface area (Å²) in [4.78, 5) is 60.1. The molecule has 0 spiro atoms. The number of amides is 4. The van der Waals surface area contributed by atoms with Gasteiger partial charge >= 0.3 is 0 Å². The van der Waals surface area contributed by atoms with E-state index in [1.807, 2.05) is 55.5 Å². The van der Waals surface area contributed by atoms with Gasteiger partial charge in [0.15, 0.2) is 0 Å². The van der Waals surface area contributed by atoms with Gasteiger partial charge < -0.3 is 14.6 Å². The number of nitrogens with one attached hydrogen (secondary N) is 1. The molecule has 2 N–H and O–H groups in total. The molecule has 4 aliphatic rings. The highest BCUT2D eigenvalue weighted by atomic mass is 35.5. The van der Waals surface area contributed by atoms with Gasteiger partial charge in [-0.2, -0.15) is 5.01 Å². The predicted molar refractivity (Wildman–Crippen MR) is 194 cm³/mol. The molecule has 0 unspecified atom stereocenters. The lowest BCUT2D eigenvalue weighted by molar-refractivity contribution is -0.138. The molecule has 2 aliphatic heterocycles. The summed E-state index contributed by atoms with van der Waals surface area (Å²) in [5.74, 6) is -5.16. The molecule has 52 heavy (non-hydrogen) atoms. The van der Waals surface area contributed by atoms with E-state index < -0.39 is 46.8 Å². The van der Waals surface area contributed by atoms with E-state index in [1.165, 1.54) is 31.3 Å². The summed E-state index contributed by atoms with van der Waals surface area (Å²) in [6.07, 6.45) is 2.34. The van der Waals surface area contributed by atoms with Crippen molar-refractivity contribution in [2.45, 2.75) is 31.1 Å². The topological polar surface area (TPSA) is 125 Å². The molecule has 1 saturated carbocycles. The summed E-state index contributed by atoms with van der Waals surface area (Å²) in [6, 6.07) is 26.1. The number of hydrogen-bond donors (Lipinski definition) is 2. The number of benzene rings is 4. The molecule has 2 saturated heterocycles. The Bertz CT molecular complexity index is 2130. The fourth-order valence-corrected chi connectivity index (χ4v) is 9.24. The minimum Gasteiger partial charge on any atom is -0.508 e. The van der Waals surface area contributed by atoms with Gasteiger partial charge in [0.2, 0.25) is 11.8 Å². The number of aryl methyl sites for hydroxylation is 1. The van der Waals surface area contributed by atoms with E-state index in [-0.39, 0.29) is 41.9 Å². The van der Waals surface area contributed by atoms with Gasteiger partial charge in [-0.25, -0.2) is 0 Å². The van der Waals surface area contributed by atoms with Gasteiger partial charge in [0.25, 0.3) is 11.8 Å². The van der Waals surface area contributed by atoms with E-state index >= 15 is 4.79 Å². The van der Waals surface area contributed by atoms with Crippen LogP contribution in [-0.2, 0) is 24.6 Å². The molecule has 2 aliphatic carbocycles. The zero-order chi connectivity index (χ0) is 36.5. The van der Waals surface area contributed by atoms with Gasteiger partial charge in [-0.1, -0.05) is 71.3 Å². The van der Waals surface area contributed by atoms with E-state index in [1.54, 1.807) is 36.4 Å². The van der Waals surface area contributed by atoms with Crippen LogP contribution in [0.15, 0.2) is 103 Å². The van der Waals surface area contributed by atoms with Crippen LogP contribution in [0, 0.1) is 30.6 Å². The molecule has 3 fully saturated rings. The second-order valence-corrected chi connectivity index (χ2v) is 14.3. The average molecular weight is 718 g/mol. The van der Waals surface area contributed by atoms with E-state index in [2.05, 4.69) is 5.43 Å². The Morgan fingerprint density at radius 3 is 2.12 bits per heavy atom. The van der Waals surface area contributed by atoms with E-state index in [9.17, 15) is 19.5 Å². The zero-order valence-corrected chi connectivity index (χ0v) is 29.5. The molecule has 0 bridgehead atoms.